The zero-order chi connectivity index (χ0) is 16.9. The Labute approximate surface area is 125 Å². The van der Waals surface area contributed by atoms with Gasteiger partial charge in [-0.05, 0) is 0 Å². The van der Waals surface area contributed by atoms with Crippen LogP contribution in [-0.2, 0) is 38.1 Å². The smallest absolute Gasteiger partial charge is 0.355 e. The number of nitrogens with one attached hydrogen (secondary N) is 1. The lowest BCUT2D eigenvalue weighted by molar-refractivity contribution is -0.162. The predicted octanol–water partition coefficient (Wildman–Crippen LogP) is -1.76. The first kappa shape index (κ1) is 17.4. The van der Waals surface area contributed by atoms with Gasteiger partial charge in [0, 0.05) is 0 Å². The molecule has 0 saturated carbocycles. The molecule has 122 valence electrons. The van der Waals surface area contributed by atoms with E-state index in [1.165, 1.54) is 0 Å². The minimum Gasteiger partial charge on any atom is -0.469 e. The monoisotopic (exact) mass is 316 g/mol. The van der Waals surface area contributed by atoms with E-state index in [-0.39, 0.29) is 0 Å². The number of methoxy groups -OCH3 is 4. The predicted molar refractivity (Wildman–Crippen MR) is 69.4 cm³/mol. The number of nitrogens with zero attached hydrogens (tertiary/aromatic N) is 1. The summed E-state index contributed by atoms with van der Waals surface area (Å²) in [6, 6.07) is -1.31. The Morgan fingerprint density at radius 1 is 0.864 bits per heavy atom. The van der Waals surface area contributed by atoms with Crippen LogP contribution >= 0.6 is 0 Å². The van der Waals surface area contributed by atoms with Gasteiger partial charge in [-0.1, -0.05) is 0 Å². The maximum absolute atomic E-state index is 12.0. The summed E-state index contributed by atoms with van der Waals surface area (Å²) in [5.74, 6) is -6.49. The van der Waals surface area contributed by atoms with Crippen molar-refractivity contribution in [3.8, 4) is 0 Å². The van der Waals surface area contributed by atoms with Crippen LogP contribution in [0.5, 0.6) is 0 Å². The Hall–Kier alpha value is -2.65. The van der Waals surface area contributed by atoms with Gasteiger partial charge in [-0.25, -0.2) is 9.59 Å². The number of esters is 4. The molecule has 1 rings (SSSR count). The van der Waals surface area contributed by atoms with E-state index in [0.29, 0.717) is 0 Å². The van der Waals surface area contributed by atoms with E-state index in [0.717, 1.165) is 28.4 Å². The minimum absolute atomic E-state index is 0.398. The quantitative estimate of drug-likeness (QED) is 0.473. The van der Waals surface area contributed by atoms with Crippen molar-refractivity contribution in [3.05, 3.63) is 0 Å². The van der Waals surface area contributed by atoms with Gasteiger partial charge in [-0.2, -0.15) is 5.10 Å². The Balaban J connectivity index is 3.38. The fourth-order valence-corrected chi connectivity index (χ4v) is 2.05. The summed E-state index contributed by atoms with van der Waals surface area (Å²) >= 11 is 0. The average Bonchev–Trinajstić information content (AvgIpc) is 2.57. The van der Waals surface area contributed by atoms with E-state index in [2.05, 4.69) is 29.5 Å². The summed E-state index contributed by atoms with van der Waals surface area (Å²) in [6.07, 6.45) is 0. The molecule has 1 N–H and O–H groups in total. The van der Waals surface area contributed by atoms with Crippen LogP contribution < -0.4 is 5.43 Å². The fraction of sp³-hybridized carbons (Fsp3) is 0.583. The molecular weight excluding hydrogens is 300 g/mol. The molecule has 0 amide bonds. The maximum Gasteiger partial charge on any atom is 0.355 e. The van der Waals surface area contributed by atoms with Gasteiger partial charge < -0.3 is 18.9 Å². The number of hydrazone groups is 1. The van der Waals surface area contributed by atoms with Crippen molar-refractivity contribution in [2.24, 2.45) is 16.9 Å². The zero-order valence-electron chi connectivity index (χ0n) is 12.4. The van der Waals surface area contributed by atoms with E-state index < -0.39 is 47.5 Å². The lowest BCUT2D eigenvalue weighted by Gasteiger charge is -2.32. The molecule has 0 fully saturated rings. The Morgan fingerprint density at radius 2 is 1.41 bits per heavy atom. The molecule has 3 atom stereocenters. The summed E-state index contributed by atoms with van der Waals surface area (Å²) in [6.45, 7) is 0. The molecule has 0 aliphatic carbocycles. The Bertz CT molecular complexity index is 515. The van der Waals surface area contributed by atoms with Gasteiger partial charge in [0.15, 0.2) is 11.8 Å². The van der Waals surface area contributed by atoms with Crippen LogP contribution in [0.2, 0.25) is 0 Å². The van der Waals surface area contributed by atoms with Crippen molar-refractivity contribution in [2.75, 3.05) is 28.4 Å². The summed E-state index contributed by atoms with van der Waals surface area (Å²) in [4.78, 5) is 47.5. The molecule has 0 aromatic rings. The van der Waals surface area contributed by atoms with Crippen molar-refractivity contribution in [3.63, 3.8) is 0 Å². The molecule has 0 saturated heterocycles. The highest BCUT2D eigenvalue weighted by molar-refractivity contribution is 6.41. The molecule has 10 heteroatoms. The lowest BCUT2D eigenvalue weighted by Crippen LogP contribution is -2.57. The third kappa shape index (κ3) is 3.15. The van der Waals surface area contributed by atoms with Crippen molar-refractivity contribution < 1.29 is 38.1 Å². The van der Waals surface area contributed by atoms with E-state index in [9.17, 15) is 19.2 Å². The first-order chi connectivity index (χ1) is 10.4. The van der Waals surface area contributed by atoms with Gasteiger partial charge in [0.25, 0.3) is 0 Å². The highest BCUT2D eigenvalue weighted by Gasteiger charge is 2.52. The molecule has 10 nitrogen and oxygen atoms in total. The molecule has 1 aliphatic rings. The number of ether oxygens (including phenoxy) is 4. The van der Waals surface area contributed by atoms with Gasteiger partial charge in [0.1, 0.15) is 11.8 Å². The van der Waals surface area contributed by atoms with E-state index >= 15 is 0 Å². The number of rotatable bonds is 4. The first-order valence-electron chi connectivity index (χ1n) is 6.07. The largest absolute Gasteiger partial charge is 0.469 e. The number of carbonyl (C=O) groups is 4. The number of carbonyl (C=O) groups excluding carboxylic acids is 4. The molecule has 1 heterocycles. The van der Waals surface area contributed by atoms with Crippen LogP contribution in [0, 0.1) is 11.8 Å². The third-order valence-corrected chi connectivity index (χ3v) is 3.12. The third-order valence-electron chi connectivity index (χ3n) is 3.12. The molecule has 0 spiro atoms. The van der Waals surface area contributed by atoms with Gasteiger partial charge in [0.2, 0.25) is 0 Å². The molecule has 0 unspecified atom stereocenters. The normalized spacial score (nSPS) is 23.5. The number of hydrogen-bond donors (Lipinski definition) is 1. The van der Waals surface area contributed by atoms with Crippen molar-refractivity contribution >= 4 is 29.6 Å². The highest BCUT2D eigenvalue weighted by atomic mass is 16.5. The number of hydrogen-bond acceptors (Lipinski definition) is 10. The standard InChI is InChI=1S/C12H16N2O8/c1-19-9(15)5-6(10(16)20-2)8(12(18)22-4)14-13-7(5)11(17)21-3/h5-7,13H,1-4H3/t5-,6-,7+/m1/s1. The Morgan fingerprint density at radius 3 is 1.86 bits per heavy atom. The zero-order valence-corrected chi connectivity index (χ0v) is 12.4. The van der Waals surface area contributed by atoms with Gasteiger partial charge in [0.05, 0.1) is 28.4 Å². The maximum atomic E-state index is 12.0. The van der Waals surface area contributed by atoms with E-state index in [4.69, 9.17) is 0 Å². The molecular formula is C12H16N2O8. The SMILES string of the molecule is COC(=O)C1=NN[C@H](C(=O)OC)[C@H](C(=O)OC)[C@H]1C(=O)OC. The van der Waals surface area contributed by atoms with Crippen LogP contribution in [0.4, 0.5) is 0 Å². The highest BCUT2D eigenvalue weighted by Crippen LogP contribution is 2.26. The van der Waals surface area contributed by atoms with Crippen LogP contribution in [0.25, 0.3) is 0 Å². The molecule has 0 bridgehead atoms. The topological polar surface area (TPSA) is 130 Å². The van der Waals surface area contributed by atoms with Crippen LogP contribution in [0.15, 0.2) is 5.10 Å². The van der Waals surface area contributed by atoms with Crippen molar-refractivity contribution in [1.29, 1.82) is 0 Å². The van der Waals surface area contributed by atoms with Crippen molar-refractivity contribution in [2.45, 2.75) is 6.04 Å². The van der Waals surface area contributed by atoms with Crippen LogP contribution in [0.1, 0.15) is 0 Å². The van der Waals surface area contributed by atoms with Gasteiger partial charge >= 0.3 is 23.9 Å². The molecule has 22 heavy (non-hydrogen) atoms. The average molecular weight is 316 g/mol. The summed E-state index contributed by atoms with van der Waals surface area (Å²) in [5.41, 5.74) is 1.92. The lowest BCUT2D eigenvalue weighted by atomic mass is 9.81. The summed E-state index contributed by atoms with van der Waals surface area (Å²) in [5, 5.41) is 3.65. The molecule has 0 aromatic carbocycles. The van der Waals surface area contributed by atoms with E-state index in [1.54, 1.807) is 0 Å². The fourth-order valence-electron chi connectivity index (χ4n) is 2.05. The second kappa shape index (κ2) is 7.38. The van der Waals surface area contributed by atoms with Crippen LogP contribution in [-0.4, -0.2) is 64.1 Å². The van der Waals surface area contributed by atoms with Crippen LogP contribution in [0.3, 0.4) is 0 Å². The van der Waals surface area contributed by atoms with Gasteiger partial charge in [-0.15, -0.1) is 0 Å². The summed E-state index contributed by atoms with van der Waals surface area (Å²) in [7, 11) is 4.33. The first-order valence-corrected chi connectivity index (χ1v) is 6.07. The van der Waals surface area contributed by atoms with E-state index in [1.807, 2.05) is 0 Å². The molecule has 0 radical (unpaired) electrons. The summed E-state index contributed by atoms with van der Waals surface area (Å²) < 4.78 is 18.2. The Kier molecular flexibility index (Phi) is 5.84. The molecule has 0 aromatic heterocycles. The second-order valence-electron chi connectivity index (χ2n) is 4.17. The second-order valence-corrected chi connectivity index (χ2v) is 4.17. The van der Waals surface area contributed by atoms with Crippen molar-refractivity contribution in [1.82, 2.24) is 5.43 Å². The van der Waals surface area contributed by atoms with Gasteiger partial charge in [-0.3, -0.25) is 15.0 Å². The molecule has 1 aliphatic heterocycles. The minimum atomic E-state index is -1.46.